The number of thiazole rings is 1. The molecule has 6 heteroatoms. The van der Waals surface area contributed by atoms with Gasteiger partial charge < -0.3 is 10.1 Å². The molecule has 2 aromatic rings. The summed E-state index contributed by atoms with van der Waals surface area (Å²) in [5.41, 5.74) is 2.00. The van der Waals surface area contributed by atoms with E-state index in [1.165, 1.54) is 0 Å². The van der Waals surface area contributed by atoms with Gasteiger partial charge in [-0.05, 0) is 25.5 Å². The third-order valence-electron chi connectivity index (χ3n) is 3.67. The number of benzene rings is 1. The lowest BCUT2D eigenvalue weighted by atomic mass is 10.1. The van der Waals surface area contributed by atoms with E-state index in [1.807, 2.05) is 31.2 Å². The van der Waals surface area contributed by atoms with Gasteiger partial charge >= 0.3 is 0 Å². The fourth-order valence-corrected chi connectivity index (χ4v) is 3.47. The Hall–Kier alpha value is -1.43. The van der Waals surface area contributed by atoms with E-state index in [9.17, 15) is 4.79 Å². The van der Waals surface area contributed by atoms with Crippen LogP contribution in [0.3, 0.4) is 0 Å². The lowest BCUT2D eigenvalue weighted by Gasteiger charge is -2.07. The second-order valence-electron chi connectivity index (χ2n) is 5.30. The quantitative estimate of drug-likeness (QED) is 0.930. The van der Waals surface area contributed by atoms with Crippen molar-refractivity contribution in [1.29, 1.82) is 0 Å². The van der Waals surface area contributed by atoms with Gasteiger partial charge in [-0.1, -0.05) is 23.7 Å². The van der Waals surface area contributed by atoms with Gasteiger partial charge in [-0.25, -0.2) is 4.98 Å². The zero-order valence-corrected chi connectivity index (χ0v) is 13.8. The van der Waals surface area contributed by atoms with Gasteiger partial charge in [0.15, 0.2) is 0 Å². The zero-order chi connectivity index (χ0) is 15.5. The Morgan fingerprint density at radius 2 is 2.23 bits per heavy atom. The second kappa shape index (κ2) is 6.77. The summed E-state index contributed by atoms with van der Waals surface area (Å²) in [5, 5.41) is 4.57. The van der Waals surface area contributed by atoms with Gasteiger partial charge in [0, 0.05) is 22.1 Å². The minimum atomic E-state index is -0.0169. The second-order valence-corrected chi connectivity index (χ2v) is 7.02. The summed E-state index contributed by atoms with van der Waals surface area (Å²) in [6.07, 6.45) is 0.804. The number of aromatic nitrogens is 1. The minimum absolute atomic E-state index is 0.0169. The van der Waals surface area contributed by atoms with Crippen molar-refractivity contribution in [2.45, 2.75) is 19.9 Å². The van der Waals surface area contributed by atoms with E-state index in [0.29, 0.717) is 24.8 Å². The molecule has 1 amide bonds. The molecule has 1 aromatic heterocycles. The number of carbonyl (C=O) groups is 1. The molecule has 116 valence electrons. The maximum Gasteiger partial charge on any atom is 0.225 e. The van der Waals surface area contributed by atoms with Crippen LogP contribution in [0.5, 0.6) is 0 Å². The van der Waals surface area contributed by atoms with Gasteiger partial charge in [-0.3, -0.25) is 4.79 Å². The molecule has 1 atom stereocenters. The van der Waals surface area contributed by atoms with Crippen molar-refractivity contribution in [3.63, 3.8) is 0 Å². The molecule has 2 heterocycles. The number of hydrogen-bond donors (Lipinski definition) is 1. The van der Waals surface area contributed by atoms with Crippen LogP contribution in [0.25, 0.3) is 11.3 Å². The van der Waals surface area contributed by atoms with Crippen molar-refractivity contribution < 1.29 is 9.53 Å². The molecule has 1 fully saturated rings. The number of aryl methyl sites for hydroxylation is 1. The van der Waals surface area contributed by atoms with E-state index in [4.69, 9.17) is 16.3 Å². The van der Waals surface area contributed by atoms with Crippen molar-refractivity contribution in [3.8, 4) is 11.3 Å². The summed E-state index contributed by atoms with van der Waals surface area (Å²) >= 11 is 7.52. The van der Waals surface area contributed by atoms with Crippen LogP contribution in [0.15, 0.2) is 24.3 Å². The fraction of sp³-hybridized carbons (Fsp3) is 0.375. The largest absolute Gasteiger partial charge is 0.381 e. The first-order chi connectivity index (χ1) is 10.6. The van der Waals surface area contributed by atoms with Gasteiger partial charge in [0.25, 0.3) is 0 Å². The van der Waals surface area contributed by atoms with Crippen LogP contribution in [-0.4, -0.2) is 24.1 Å². The van der Waals surface area contributed by atoms with Crippen LogP contribution >= 0.6 is 22.9 Å². The first kappa shape index (κ1) is 15.5. The summed E-state index contributed by atoms with van der Waals surface area (Å²) in [5.74, 6) is 0.0372. The van der Waals surface area contributed by atoms with E-state index in [0.717, 1.165) is 27.6 Å². The molecule has 1 aliphatic rings. The van der Waals surface area contributed by atoms with Gasteiger partial charge in [0.05, 0.1) is 24.8 Å². The van der Waals surface area contributed by atoms with Gasteiger partial charge in [-0.2, -0.15) is 0 Å². The summed E-state index contributed by atoms with van der Waals surface area (Å²) in [6, 6.07) is 7.64. The molecule has 1 aromatic carbocycles. The van der Waals surface area contributed by atoms with Gasteiger partial charge in [0.1, 0.15) is 5.01 Å². The third-order valence-corrected chi connectivity index (χ3v) is 4.90. The molecule has 22 heavy (non-hydrogen) atoms. The fourth-order valence-electron chi connectivity index (χ4n) is 2.45. The number of rotatable bonds is 4. The number of amides is 1. The molecule has 4 nitrogen and oxygen atoms in total. The lowest BCUT2D eigenvalue weighted by molar-refractivity contribution is -0.125. The summed E-state index contributed by atoms with van der Waals surface area (Å²) in [4.78, 5) is 17.8. The molecular formula is C16H17ClN2O2S. The summed E-state index contributed by atoms with van der Waals surface area (Å²) in [7, 11) is 0. The van der Waals surface area contributed by atoms with Crippen LogP contribution in [0.4, 0.5) is 0 Å². The standard InChI is InChI=1S/C16H17ClN2O2S/c1-10-15(11-2-4-13(17)5-3-11)19-14(22-10)8-18-16(20)12-6-7-21-9-12/h2-5,12H,6-9H2,1H3,(H,18,20). The maximum atomic E-state index is 12.0. The smallest absolute Gasteiger partial charge is 0.225 e. The number of hydrogen-bond acceptors (Lipinski definition) is 4. The summed E-state index contributed by atoms with van der Waals surface area (Å²) in [6.45, 7) is 3.71. The molecule has 1 saturated heterocycles. The van der Waals surface area contributed by atoms with Crippen LogP contribution < -0.4 is 5.32 Å². The predicted octanol–water partition coefficient (Wildman–Crippen LogP) is 3.42. The Balaban J connectivity index is 1.67. The average Bonchev–Trinajstić information content (AvgIpc) is 3.15. The third kappa shape index (κ3) is 3.48. The van der Waals surface area contributed by atoms with Crippen molar-refractivity contribution in [2.24, 2.45) is 5.92 Å². The van der Waals surface area contributed by atoms with Gasteiger partial charge in [0.2, 0.25) is 5.91 Å². The Morgan fingerprint density at radius 1 is 1.45 bits per heavy atom. The van der Waals surface area contributed by atoms with E-state index < -0.39 is 0 Å². The highest BCUT2D eigenvalue weighted by Crippen LogP contribution is 2.28. The monoisotopic (exact) mass is 336 g/mol. The molecular weight excluding hydrogens is 320 g/mol. The highest BCUT2D eigenvalue weighted by molar-refractivity contribution is 7.12. The molecule has 0 bridgehead atoms. The van der Waals surface area contributed by atoms with Crippen molar-refractivity contribution in [2.75, 3.05) is 13.2 Å². The van der Waals surface area contributed by atoms with E-state index in [-0.39, 0.29) is 11.8 Å². The SMILES string of the molecule is Cc1sc(CNC(=O)C2CCOC2)nc1-c1ccc(Cl)cc1. The van der Waals surface area contributed by atoms with Crippen LogP contribution in [-0.2, 0) is 16.1 Å². The Labute approximate surface area is 138 Å². The first-order valence-electron chi connectivity index (χ1n) is 7.21. The van der Waals surface area contributed by atoms with Crippen LogP contribution in [0.1, 0.15) is 16.3 Å². The minimum Gasteiger partial charge on any atom is -0.381 e. The number of halogens is 1. The first-order valence-corrected chi connectivity index (χ1v) is 8.40. The highest BCUT2D eigenvalue weighted by Gasteiger charge is 2.23. The Bertz CT molecular complexity index is 663. The number of nitrogens with zero attached hydrogens (tertiary/aromatic N) is 1. The molecule has 3 rings (SSSR count). The molecule has 1 aliphatic heterocycles. The number of carbonyl (C=O) groups excluding carboxylic acids is 1. The van der Waals surface area contributed by atoms with Crippen molar-refractivity contribution in [3.05, 3.63) is 39.2 Å². The Morgan fingerprint density at radius 3 is 2.91 bits per heavy atom. The number of ether oxygens (including phenoxy) is 1. The molecule has 0 spiro atoms. The maximum absolute atomic E-state index is 12.0. The summed E-state index contributed by atoms with van der Waals surface area (Å²) < 4.78 is 5.24. The van der Waals surface area contributed by atoms with Crippen LogP contribution in [0.2, 0.25) is 5.02 Å². The van der Waals surface area contributed by atoms with E-state index in [1.54, 1.807) is 11.3 Å². The van der Waals surface area contributed by atoms with Crippen molar-refractivity contribution in [1.82, 2.24) is 10.3 Å². The zero-order valence-electron chi connectivity index (χ0n) is 12.3. The molecule has 0 aliphatic carbocycles. The topological polar surface area (TPSA) is 51.2 Å². The Kier molecular flexibility index (Phi) is 4.76. The number of nitrogens with one attached hydrogen (secondary N) is 1. The normalized spacial score (nSPS) is 17.6. The predicted molar refractivity (Wildman–Crippen MR) is 88.1 cm³/mol. The lowest BCUT2D eigenvalue weighted by Crippen LogP contribution is -2.30. The average molecular weight is 337 g/mol. The molecule has 1 N–H and O–H groups in total. The van der Waals surface area contributed by atoms with Crippen molar-refractivity contribution >= 4 is 28.8 Å². The molecule has 1 unspecified atom stereocenters. The van der Waals surface area contributed by atoms with E-state index >= 15 is 0 Å². The molecule has 0 radical (unpaired) electrons. The molecule has 0 saturated carbocycles. The van der Waals surface area contributed by atoms with Gasteiger partial charge in [-0.15, -0.1) is 11.3 Å². The van der Waals surface area contributed by atoms with E-state index in [2.05, 4.69) is 10.3 Å². The van der Waals surface area contributed by atoms with Crippen LogP contribution in [0, 0.1) is 12.8 Å². The highest BCUT2D eigenvalue weighted by atomic mass is 35.5.